The van der Waals surface area contributed by atoms with E-state index < -0.39 is 5.54 Å². The van der Waals surface area contributed by atoms with Crippen LogP contribution in [0.15, 0.2) is 30.9 Å². The lowest BCUT2D eigenvalue weighted by Crippen LogP contribution is -2.53. The molecule has 0 saturated heterocycles. The van der Waals surface area contributed by atoms with Crippen LogP contribution >= 0.6 is 0 Å². The van der Waals surface area contributed by atoms with E-state index in [1.54, 1.807) is 14.2 Å². The predicted molar refractivity (Wildman–Crippen MR) is 88.0 cm³/mol. The van der Waals surface area contributed by atoms with Gasteiger partial charge in [0.05, 0.1) is 19.8 Å². The van der Waals surface area contributed by atoms with Crippen molar-refractivity contribution in [1.29, 1.82) is 0 Å². The molecular formula is C17H28N2O2. The van der Waals surface area contributed by atoms with E-state index in [2.05, 4.69) is 18.4 Å². The quantitative estimate of drug-likeness (QED) is 0.749. The summed E-state index contributed by atoms with van der Waals surface area (Å²) in [4.78, 5) is 2.16. The molecule has 0 aromatic heterocycles. The van der Waals surface area contributed by atoms with Crippen LogP contribution < -0.4 is 15.2 Å². The number of likely N-dealkylation sites (N-methyl/N-ethyl adjacent to an activating group) is 1. The number of methoxy groups -OCH3 is 2. The third kappa shape index (κ3) is 3.57. The molecule has 2 atom stereocenters. The SMILES string of the molecule is C=CCC(N)(c1cc(OC)ccc1OC)C(CC)N(C)C. The van der Waals surface area contributed by atoms with Gasteiger partial charge < -0.3 is 20.1 Å². The average molecular weight is 292 g/mol. The fourth-order valence-corrected chi connectivity index (χ4v) is 3.03. The largest absolute Gasteiger partial charge is 0.497 e. The van der Waals surface area contributed by atoms with Crippen molar-refractivity contribution in [2.24, 2.45) is 5.73 Å². The Hall–Kier alpha value is -1.52. The number of hydrogen-bond donors (Lipinski definition) is 1. The Kier molecular flexibility index (Phi) is 6.24. The zero-order valence-electron chi connectivity index (χ0n) is 13.8. The molecule has 0 spiro atoms. The van der Waals surface area contributed by atoms with Crippen molar-refractivity contribution in [3.05, 3.63) is 36.4 Å². The molecule has 0 bridgehead atoms. The molecule has 0 amide bonds. The lowest BCUT2D eigenvalue weighted by Gasteiger charge is -2.41. The predicted octanol–water partition coefficient (Wildman–Crippen LogP) is 2.77. The molecule has 0 radical (unpaired) electrons. The van der Waals surface area contributed by atoms with E-state index in [-0.39, 0.29) is 6.04 Å². The molecule has 21 heavy (non-hydrogen) atoms. The summed E-state index contributed by atoms with van der Waals surface area (Å²) < 4.78 is 10.9. The highest BCUT2D eigenvalue weighted by atomic mass is 16.5. The fraction of sp³-hybridized carbons (Fsp3) is 0.529. The van der Waals surface area contributed by atoms with E-state index >= 15 is 0 Å². The lowest BCUT2D eigenvalue weighted by molar-refractivity contribution is 0.167. The first-order valence-corrected chi connectivity index (χ1v) is 7.23. The molecule has 4 heteroatoms. The summed E-state index contributed by atoms with van der Waals surface area (Å²) in [5.74, 6) is 1.55. The number of nitrogens with two attached hydrogens (primary N) is 1. The second kappa shape index (κ2) is 7.48. The van der Waals surface area contributed by atoms with Gasteiger partial charge >= 0.3 is 0 Å². The molecule has 1 rings (SSSR count). The second-order valence-corrected chi connectivity index (χ2v) is 5.49. The van der Waals surface area contributed by atoms with Crippen LogP contribution in [-0.2, 0) is 5.54 Å². The summed E-state index contributed by atoms with van der Waals surface area (Å²) in [5, 5.41) is 0. The summed E-state index contributed by atoms with van der Waals surface area (Å²) >= 11 is 0. The molecule has 4 nitrogen and oxygen atoms in total. The van der Waals surface area contributed by atoms with E-state index in [1.165, 1.54) is 0 Å². The molecule has 0 fully saturated rings. The standard InChI is InChI=1S/C17H28N2O2/c1-7-11-17(18,16(8-2)19(3)4)14-12-13(20-5)9-10-15(14)21-6/h7,9-10,12,16H,1,8,11,18H2,2-6H3. The van der Waals surface area contributed by atoms with Crippen molar-refractivity contribution in [3.63, 3.8) is 0 Å². The van der Waals surface area contributed by atoms with Gasteiger partial charge in [0, 0.05) is 11.6 Å². The Morgan fingerprint density at radius 3 is 2.43 bits per heavy atom. The van der Waals surface area contributed by atoms with Crippen molar-refractivity contribution in [2.45, 2.75) is 31.3 Å². The summed E-state index contributed by atoms with van der Waals surface area (Å²) in [6, 6.07) is 5.92. The molecule has 0 aliphatic carbocycles. The first kappa shape index (κ1) is 17.5. The lowest BCUT2D eigenvalue weighted by atomic mass is 9.78. The zero-order valence-corrected chi connectivity index (χ0v) is 13.8. The van der Waals surface area contributed by atoms with Crippen LogP contribution in [0.1, 0.15) is 25.3 Å². The van der Waals surface area contributed by atoms with Crippen LogP contribution in [0.25, 0.3) is 0 Å². The number of rotatable bonds is 8. The van der Waals surface area contributed by atoms with Gasteiger partial charge in [0.2, 0.25) is 0 Å². The minimum atomic E-state index is -0.583. The average Bonchev–Trinajstić information content (AvgIpc) is 2.47. The van der Waals surface area contributed by atoms with E-state index in [0.29, 0.717) is 6.42 Å². The van der Waals surface area contributed by atoms with Gasteiger partial charge in [0.15, 0.2) is 0 Å². The van der Waals surface area contributed by atoms with Crippen LogP contribution in [-0.4, -0.2) is 39.3 Å². The van der Waals surface area contributed by atoms with Crippen LogP contribution in [0.4, 0.5) is 0 Å². The number of nitrogens with zero attached hydrogens (tertiary/aromatic N) is 1. The molecule has 2 N–H and O–H groups in total. The van der Waals surface area contributed by atoms with Crippen LogP contribution in [0, 0.1) is 0 Å². The van der Waals surface area contributed by atoms with E-state index in [1.807, 2.05) is 38.4 Å². The maximum absolute atomic E-state index is 6.84. The Bertz CT molecular complexity index is 474. The molecule has 0 aliphatic rings. The minimum Gasteiger partial charge on any atom is -0.497 e. The highest BCUT2D eigenvalue weighted by Gasteiger charge is 2.38. The molecule has 1 aromatic rings. The van der Waals surface area contributed by atoms with Crippen molar-refractivity contribution < 1.29 is 9.47 Å². The fourth-order valence-electron chi connectivity index (χ4n) is 3.03. The van der Waals surface area contributed by atoms with Gasteiger partial charge in [0.25, 0.3) is 0 Å². The van der Waals surface area contributed by atoms with Crippen LogP contribution in [0.5, 0.6) is 11.5 Å². The third-order valence-corrected chi connectivity index (χ3v) is 3.99. The van der Waals surface area contributed by atoms with Gasteiger partial charge in [0.1, 0.15) is 11.5 Å². The number of hydrogen-bond acceptors (Lipinski definition) is 4. The zero-order chi connectivity index (χ0) is 16.0. The van der Waals surface area contributed by atoms with Crippen LogP contribution in [0.2, 0.25) is 0 Å². The molecule has 2 unspecified atom stereocenters. The number of benzene rings is 1. The van der Waals surface area contributed by atoms with Gasteiger partial charge in [-0.05, 0) is 45.1 Å². The Morgan fingerprint density at radius 2 is 2.00 bits per heavy atom. The second-order valence-electron chi connectivity index (χ2n) is 5.49. The van der Waals surface area contributed by atoms with E-state index in [0.717, 1.165) is 23.5 Å². The summed E-state index contributed by atoms with van der Waals surface area (Å²) in [6.45, 7) is 6.02. The maximum Gasteiger partial charge on any atom is 0.124 e. The normalized spacial score (nSPS) is 15.4. The third-order valence-electron chi connectivity index (χ3n) is 3.99. The van der Waals surface area contributed by atoms with E-state index in [4.69, 9.17) is 15.2 Å². The summed E-state index contributed by atoms with van der Waals surface area (Å²) in [6.07, 6.45) is 3.45. The van der Waals surface area contributed by atoms with Crippen LogP contribution in [0.3, 0.4) is 0 Å². The Morgan fingerprint density at radius 1 is 1.33 bits per heavy atom. The summed E-state index contributed by atoms with van der Waals surface area (Å²) in [5.41, 5.74) is 7.20. The van der Waals surface area contributed by atoms with Crippen molar-refractivity contribution in [1.82, 2.24) is 4.90 Å². The first-order valence-electron chi connectivity index (χ1n) is 7.23. The first-order chi connectivity index (χ1) is 9.94. The molecule has 1 aromatic carbocycles. The highest BCUT2D eigenvalue weighted by molar-refractivity contribution is 5.46. The monoisotopic (exact) mass is 292 g/mol. The van der Waals surface area contributed by atoms with Crippen molar-refractivity contribution in [2.75, 3.05) is 28.3 Å². The molecule has 0 saturated carbocycles. The smallest absolute Gasteiger partial charge is 0.124 e. The Labute approximate surface area is 128 Å². The highest BCUT2D eigenvalue weighted by Crippen LogP contribution is 2.38. The molecular weight excluding hydrogens is 264 g/mol. The molecule has 0 heterocycles. The number of ether oxygens (including phenoxy) is 2. The van der Waals surface area contributed by atoms with Gasteiger partial charge in [-0.15, -0.1) is 6.58 Å². The molecule has 118 valence electrons. The molecule has 0 aliphatic heterocycles. The van der Waals surface area contributed by atoms with Gasteiger partial charge in [-0.1, -0.05) is 13.0 Å². The van der Waals surface area contributed by atoms with Crippen molar-refractivity contribution in [3.8, 4) is 11.5 Å². The maximum atomic E-state index is 6.84. The Balaban J connectivity index is 3.48. The summed E-state index contributed by atoms with van der Waals surface area (Å²) in [7, 11) is 7.41. The van der Waals surface area contributed by atoms with Crippen molar-refractivity contribution >= 4 is 0 Å². The van der Waals surface area contributed by atoms with Gasteiger partial charge in [-0.25, -0.2) is 0 Å². The van der Waals surface area contributed by atoms with E-state index in [9.17, 15) is 0 Å². The minimum absolute atomic E-state index is 0.163. The topological polar surface area (TPSA) is 47.7 Å². The van der Waals surface area contributed by atoms with Gasteiger partial charge in [-0.2, -0.15) is 0 Å². The van der Waals surface area contributed by atoms with Gasteiger partial charge in [-0.3, -0.25) is 0 Å².